The number of carbonyl (C=O) groups excluding carboxylic acids is 1. The fraction of sp³-hybridized carbons (Fsp3) is 0.250. The van der Waals surface area contributed by atoms with Crippen LogP contribution in [0, 0.1) is 32.1 Å². The Morgan fingerprint density at radius 1 is 1.39 bits per heavy atom. The average Bonchev–Trinajstić information content (AvgIpc) is 2.48. The number of amides is 1. The van der Waals surface area contributed by atoms with Crippen LogP contribution in [0.3, 0.4) is 0 Å². The lowest BCUT2D eigenvalue weighted by Gasteiger charge is -2.10. The van der Waals surface area contributed by atoms with Crippen LogP contribution < -0.4 is 10.9 Å². The number of aryl methyl sites for hydroxylation is 2. The number of hydrogen-bond donors (Lipinski definition) is 1. The van der Waals surface area contributed by atoms with Crippen LogP contribution in [0.5, 0.6) is 0 Å². The molecule has 0 spiro atoms. The van der Waals surface area contributed by atoms with E-state index in [1.54, 1.807) is 26.0 Å². The summed E-state index contributed by atoms with van der Waals surface area (Å²) >= 11 is 6.06. The van der Waals surface area contributed by atoms with E-state index in [4.69, 9.17) is 16.9 Å². The standard InChI is InChI=1S/C16H15ClN4O2/c1-9-4-5-14(13(17)6-9)19-15(22)8-21-16(23)12(7-18)10(2)11(3)20-21/h4-6H,8H2,1-3H3,(H,19,22). The Morgan fingerprint density at radius 2 is 2.09 bits per heavy atom. The van der Waals surface area contributed by atoms with Gasteiger partial charge in [0.15, 0.2) is 0 Å². The SMILES string of the molecule is Cc1ccc(NC(=O)Cn2nc(C)c(C)c(C#N)c2=O)c(Cl)c1. The molecule has 1 heterocycles. The Kier molecular flexibility index (Phi) is 4.82. The lowest BCUT2D eigenvalue weighted by molar-refractivity contribution is -0.117. The lowest BCUT2D eigenvalue weighted by atomic mass is 10.1. The number of halogens is 1. The topological polar surface area (TPSA) is 87.8 Å². The third-order valence-corrected chi connectivity index (χ3v) is 3.75. The van der Waals surface area contributed by atoms with Crippen molar-refractivity contribution in [1.29, 1.82) is 5.26 Å². The normalized spacial score (nSPS) is 10.2. The van der Waals surface area contributed by atoms with Crippen LogP contribution in [-0.2, 0) is 11.3 Å². The van der Waals surface area contributed by atoms with Gasteiger partial charge in [0.2, 0.25) is 5.91 Å². The summed E-state index contributed by atoms with van der Waals surface area (Å²) in [4.78, 5) is 24.3. The fourth-order valence-electron chi connectivity index (χ4n) is 2.06. The number of carbonyl (C=O) groups is 1. The summed E-state index contributed by atoms with van der Waals surface area (Å²) in [6.07, 6.45) is 0. The van der Waals surface area contributed by atoms with Crippen molar-refractivity contribution in [2.75, 3.05) is 5.32 Å². The largest absolute Gasteiger partial charge is 0.323 e. The molecule has 1 N–H and O–H groups in total. The summed E-state index contributed by atoms with van der Waals surface area (Å²) in [5.74, 6) is -0.447. The van der Waals surface area contributed by atoms with Crippen molar-refractivity contribution >= 4 is 23.2 Å². The highest BCUT2D eigenvalue weighted by atomic mass is 35.5. The maximum Gasteiger partial charge on any atom is 0.285 e. The van der Waals surface area contributed by atoms with Crippen LogP contribution in [0.2, 0.25) is 5.02 Å². The number of rotatable bonds is 3. The Morgan fingerprint density at radius 3 is 2.70 bits per heavy atom. The zero-order valence-corrected chi connectivity index (χ0v) is 13.7. The summed E-state index contributed by atoms with van der Waals surface area (Å²) in [6, 6.07) is 7.09. The van der Waals surface area contributed by atoms with Crippen molar-refractivity contribution in [2.45, 2.75) is 27.3 Å². The maximum absolute atomic E-state index is 12.1. The number of anilines is 1. The quantitative estimate of drug-likeness (QED) is 0.935. The summed E-state index contributed by atoms with van der Waals surface area (Å²) in [5, 5.41) is 16.2. The van der Waals surface area contributed by atoms with Crippen molar-refractivity contribution in [1.82, 2.24) is 9.78 Å². The van der Waals surface area contributed by atoms with Gasteiger partial charge in [-0.2, -0.15) is 10.4 Å². The molecule has 2 aromatic rings. The first-order chi connectivity index (χ1) is 10.8. The minimum absolute atomic E-state index is 0.00123. The minimum Gasteiger partial charge on any atom is -0.323 e. The van der Waals surface area contributed by atoms with Gasteiger partial charge < -0.3 is 5.32 Å². The molecule has 0 aliphatic rings. The van der Waals surface area contributed by atoms with Crippen molar-refractivity contribution in [3.05, 3.63) is 56.0 Å². The van der Waals surface area contributed by atoms with Gasteiger partial charge in [-0.1, -0.05) is 17.7 Å². The molecular formula is C16H15ClN4O2. The molecule has 1 amide bonds. The molecular weight excluding hydrogens is 316 g/mol. The molecule has 0 aliphatic heterocycles. The van der Waals surface area contributed by atoms with E-state index in [2.05, 4.69) is 10.4 Å². The van der Waals surface area contributed by atoms with E-state index in [1.165, 1.54) is 0 Å². The van der Waals surface area contributed by atoms with E-state index in [1.807, 2.05) is 19.1 Å². The fourth-order valence-corrected chi connectivity index (χ4v) is 2.34. The van der Waals surface area contributed by atoms with Crippen molar-refractivity contribution in [3.8, 4) is 6.07 Å². The molecule has 0 saturated heterocycles. The molecule has 0 atom stereocenters. The molecule has 0 unspecified atom stereocenters. The van der Waals surface area contributed by atoms with Crippen LogP contribution >= 0.6 is 11.6 Å². The third kappa shape index (κ3) is 3.58. The number of nitrogens with one attached hydrogen (secondary N) is 1. The molecule has 1 aromatic carbocycles. The molecule has 0 bridgehead atoms. The van der Waals surface area contributed by atoms with Crippen LogP contribution in [0.15, 0.2) is 23.0 Å². The number of nitrogens with zero attached hydrogens (tertiary/aromatic N) is 3. The molecule has 0 radical (unpaired) electrons. The molecule has 0 aliphatic carbocycles. The van der Waals surface area contributed by atoms with Gasteiger partial charge in [-0.25, -0.2) is 4.68 Å². The van der Waals surface area contributed by atoms with Crippen LogP contribution in [-0.4, -0.2) is 15.7 Å². The predicted molar refractivity (Wildman–Crippen MR) is 87.5 cm³/mol. The second-order valence-electron chi connectivity index (χ2n) is 5.19. The highest BCUT2D eigenvalue weighted by Crippen LogP contribution is 2.22. The van der Waals surface area contributed by atoms with Gasteiger partial charge in [-0.15, -0.1) is 0 Å². The highest BCUT2D eigenvalue weighted by molar-refractivity contribution is 6.33. The molecule has 118 valence electrons. The van der Waals surface area contributed by atoms with Crippen molar-refractivity contribution < 1.29 is 4.79 Å². The van der Waals surface area contributed by atoms with E-state index in [0.717, 1.165) is 10.2 Å². The maximum atomic E-state index is 12.1. The van der Waals surface area contributed by atoms with E-state index in [9.17, 15) is 9.59 Å². The smallest absolute Gasteiger partial charge is 0.285 e. The second-order valence-corrected chi connectivity index (χ2v) is 5.60. The van der Waals surface area contributed by atoms with Crippen LogP contribution in [0.4, 0.5) is 5.69 Å². The summed E-state index contributed by atoms with van der Waals surface area (Å²) in [5.41, 5.74) is 1.90. The predicted octanol–water partition coefficient (Wildman–Crippen LogP) is 2.33. The Balaban J connectivity index is 2.26. The number of benzene rings is 1. The number of nitriles is 1. The average molecular weight is 331 g/mol. The Hall–Kier alpha value is -2.65. The van der Waals surface area contributed by atoms with Gasteiger partial charge in [0.1, 0.15) is 18.2 Å². The summed E-state index contributed by atoms with van der Waals surface area (Å²) in [6.45, 7) is 4.93. The van der Waals surface area contributed by atoms with Crippen molar-refractivity contribution in [2.24, 2.45) is 0 Å². The third-order valence-electron chi connectivity index (χ3n) is 3.44. The molecule has 7 heteroatoms. The van der Waals surface area contributed by atoms with Gasteiger partial charge in [0.05, 0.1) is 16.4 Å². The van der Waals surface area contributed by atoms with E-state index < -0.39 is 11.5 Å². The molecule has 6 nitrogen and oxygen atoms in total. The number of hydrogen-bond acceptors (Lipinski definition) is 4. The van der Waals surface area contributed by atoms with Gasteiger partial charge in [0.25, 0.3) is 5.56 Å². The molecule has 0 saturated carbocycles. The van der Waals surface area contributed by atoms with Gasteiger partial charge >= 0.3 is 0 Å². The zero-order chi connectivity index (χ0) is 17.1. The molecule has 2 rings (SSSR count). The van der Waals surface area contributed by atoms with Crippen LogP contribution in [0.1, 0.15) is 22.4 Å². The lowest BCUT2D eigenvalue weighted by Crippen LogP contribution is -2.32. The van der Waals surface area contributed by atoms with Gasteiger partial charge in [-0.05, 0) is 44.0 Å². The first-order valence-electron chi connectivity index (χ1n) is 6.88. The minimum atomic E-state index is -0.583. The summed E-state index contributed by atoms with van der Waals surface area (Å²) < 4.78 is 0.984. The first-order valence-corrected chi connectivity index (χ1v) is 7.25. The number of aromatic nitrogens is 2. The van der Waals surface area contributed by atoms with Gasteiger partial charge in [0, 0.05) is 0 Å². The van der Waals surface area contributed by atoms with Gasteiger partial charge in [-0.3, -0.25) is 9.59 Å². The first kappa shape index (κ1) is 16.7. The monoisotopic (exact) mass is 330 g/mol. The second kappa shape index (κ2) is 6.63. The Bertz CT molecular complexity index is 881. The zero-order valence-electron chi connectivity index (χ0n) is 13.0. The van der Waals surface area contributed by atoms with Crippen molar-refractivity contribution in [3.63, 3.8) is 0 Å². The Labute approximate surface area is 138 Å². The van der Waals surface area contributed by atoms with E-state index >= 15 is 0 Å². The molecule has 1 aromatic heterocycles. The summed E-state index contributed by atoms with van der Waals surface area (Å²) in [7, 11) is 0. The highest BCUT2D eigenvalue weighted by Gasteiger charge is 2.14. The molecule has 23 heavy (non-hydrogen) atoms. The molecule has 0 fully saturated rings. The van der Waals surface area contributed by atoms with E-state index in [-0.39, 0.29) is 12.1 Å². The van der Waals surface area contributed by atoms with E-state index in [0.29, 0.717) is 22.0 Å². The van der Waals surface area contributed by atoms with Crippen LogP contribution in [0.25, 0.3) is 0 Å².